The zero-order valence-electron chi connectivity index (χ0n) is 20.2. The fourth-order valence-electron chi connectivity index (χ4n) is 3.79. The number of carboxylic acid groups (broad SMARTS) is 1. The minimum atomic E-state index is -3.99. The van der Waals surface area contributed by atoms with E-state index in [0.717, 1.165) is 16.8 Å². The summed E-state index contributed by atoms with van der Waals surface area (Å²) in [6, 6.07) is 26.1. The van der Waals surface area contributed by atoms with Crippen LogP contribution in [0.25, 0.3) is 11.1 Å². The van der Waals surface area contributed by atoms with Crippen molar-refractivity contribution in [3.63, 3.8) is 0 Å². The van der Waals surface area contributed by atoms with E-state index < -0.39 is 28.5 Å². The fraction of sp³-hybridized carbons (Fsp3) is 0.107. The van der Waals surface area contributed by atoms with Crippen LogP contribution in [-0.2, 0) is 21.4 Å². The Morgan fingerprint density at radius 2 is 1.58 bits per heavy atom. The smallest absolute Gasteiger partial charge is 0.319 e. The average molecular weight is 531 g/mol. The number of anilines is 1. The Morgan fingerprint density at radius 1 is 0.842 bits per heavy atom. The molecule has 0 fully saturated rings. The Morgan fingerprint density at radius 3 is 2.26 bits per heavy atom. The first-order valence-electron chi connectivity index (χ1n) is 11.7. The number of nitrogens with one attached hydrogen (secondary N) is 3. The third kappa shape index (κ3) is 7.25. The first-order chi connectivity index (χ1) is 18.3. The van der Waals surface area contributed by atoms with Gasteiger partial charge in [-0.05, 0) is 53.1 Å². The molecule has 4 N–H and O–H groups in total. The second-order valence-electron chi connectivity index (χ2n) is 8.42. The molecule has 1 atom stereocenters. The molecule has 0 spiro atoms. The topological polar surface area (TPSA) is 137 Å². The fourth-order valence-corrected chi connectivity index (χ4v) is 5.02. The molecule has 0 radical (unpaired) electrons. The van der Waals surface area contributed by atoms with Crippen molar-refractivity contribution in [1.82, 2.24) is 15.0 Å². The number of aromatic nitrogens is 1. The molecule has 0 saturated carbocycles. The minimum absolute atomic E-state index is 0.00995. The third-order valence-electron chi connectivity index (χ3n) is 5.65. The molecule has 194 valence electrons. The summed E-state index contributed by atoms with van der Waals surface area (Å²) < 4.78 is 28.5. The van der Waals surface area contributed by atoms with Crippen LogP contribution >= 0.6 is 0 Å². The van der Waals surface area contributed by atoms with Gasteiger partial charge in [-0.3, -0.25) is 9.78 Å². The quantitative estimate of drug-likeness (QED) is 0.237. The zero-order valence-corrected chi connectivity index (χ0v) is 21.1. The molecule has 1 aromatic heterocycles. The number of hydrogen-bond acceptors (Lipinski definition) is 5. The Kier molecular flexibility index (Phi) is 8.47. The van der Waals surface area contributed by atoms with Crippen LogP contribution in [0.3, 0.4) is 0 Å². The maximum absolute atomic E-state index is 13.0. The van der Waals surface area contributed by atoms with E-state index in [1.807, 2.05) is 18.2 Å². The van der Waals surface area contributed by atoms with Gasteiger partial charge >= 0.3 is 12.0 Å². The second kappa shape index (κ2) is 12.1. The Labute approximate surface area is 220 Å². The van der Waals surface area contributed by atoms with Gasteiger partial charge in [0, 0.05) is 11.9 Å². The number of urea groups is 1. The summed E-state index contributed by atoms with van der Waals surface area (Å²) in [5.74, 6) is -1.11. The molecule has 4 rings (SSSR count). The normalized spacial score (nSPS) is 11.9. The molecular weight excluding hydrogens is 504 g/mol. The van der Waals surface area contributed by atoms with Crippen molar-refractivity contribution in [2.24, 2.45) is 0 Å². The van der Waals surface area contributed by atoms with Gasteiger partial charge in [-0.15, -0.1) is 0 Å². The molecule has 0 aliphatic carbocycles. The number of sulfonamides is 1. The van der Waals surface area contributed by atoms with Crippen molar-refractivity contribution in [3.8, 4) is 11.1 Å². The third-order valence-corrected chi connectivity index (χ3v) is 7.14. The molecule has 0 aliphatic heterocycles. The molecule has 1 unspecified atom stereocenters. The number of pyridine rings is 1. The molecule has 38 heavy (non-hydrogen) atoms. The average Bonchev–Trinajstić information content (AvgIpc) is 2.92. The van der Waals surface area contributed by atoms with Crippen LogP contribution in [0.2, 0.25) is 0 Å². The van der Waals surface area contributed by atoms with Gasteiger partial charge in [0.2, 0.25) is 10.0 Å². The number of aliphatic carboxylic acids is 1. The lowest BCUT2D eigenvalue weighted by Gasteiger charge is -2.18. The first kappa shape index (κ1) is 26.5. The number of carboxylic acids is 1. The Bertz CT molecular complexity index is 1500. The summed E-state index contributed by atoms with van der Waals surface area (Å²) in [5.41, 5.74) is 3.38. The van der Waals surface area contributed by atoms with Gasteiger partial charge in [0.05, 0.1) is 29.6 Å². The summed E-state index contributed by atoms with van der Waals surface area (Å²) in [7, 11) is -3.99. The highest BCUT2D eigenvalue weighted by atomic mass is 32.2. The van der Waals surface area contributed by atoms with Crippen molar-refractivity contribution in [1.29, 1.82) is 0 Å². The summed E-state index contributed by atoms with van der Waals surface area (Å²) >= 11 is 0. The lowest BCUT2D eigenvalue weighted by molar-refractivity contribution is -0.137. The molecule has 2 amide bonds. The summed E-state index contributed by atoms with van der Waals surface area (Å²) in [6.45, 7) is 0.286. The van der Waals surface area contributed by atoms with E-state index >= 15 is 0 Å². The van der Waals surface area contributed by atoms with Gasteiger partial charge in [-0.1, -0.05) is 60.7 Å². The molecule has 1 heterocycles. The molecule has 0 aliphatic rings. The largest absolute Gasteiger partial charge is 0.481 e. The van der Waals surface area contributed by atoms with Crippen LogP contribution in [-0.4, -0.2) is 30.5 Å². The maximum Gasteiger partial charge on any atom is 0.319 e. The molecular formula is C28H26N4O5S. The standard InChI is InChI=1S/C28H26N4O5S/c33-27(34)18-26(21-7-2-1-3-8-21)32-38(36,37)25-14-12-20(13-15-25)22-9-6-11-23(17-22)31-28(35)30-19-24-10-4-5-16-29-24/h1-17,26,32H,18-19H2,(H,33,34)(H2,30,31,35). The predicted octanol–water partition coefficient (Wildman–Crippen LogP) is 4.56. The lowest BCUT2D eigenvalue weighted by atomic mass is 10.1. The Hall–Kier alpha value is -4.54. The van der Waals surface area contributed by atoms with E-state index in [9.17, 15) is 23.1 Å². The van der Waals surface area contributed by atoms with E-state index in [1.165, 1.54) is 12.1 Å². The van der Waals surface area contributed by atoms with Crippen molar-refractivity contribution in [2.45, 2.75) is 23.9 Å². The summed E-state index contributed by atoms with van der Waals surface area (Å²) in [4.78, 5) is 27.8. The molecule has 10 heteroatoms. The Balaban J connectivity index is 1.44. The van der Waals surface area contributed by atoms with E-state index in [-0.39, 0.29) is 17.5 Å². The van der Waals surface area contributed by atoms with Gasteiger partial charge in [-0.25, -0.2) is 17.9 Å². The highest BCUT2D eigenvalue weighted by Crippen LogP contribution is 2.25. The number of benzene rings is 3. The van der Waals surface area contributed by atoms with Gasteiger partial charge in [0.15, 0.2) is 0 Å². The van der Waals surface area contributed by atoms with Crippen LogP contribution in [0.15, 0.2) is 108 Å². The van der Waals surface area contributed by atoms with Crippen LogP contribution in [0.5, 0.6) is 0 Å². The highest BCUT2D eigenvalue weighted by Gasteiger charge is 2.23. The number of nitrogens with zero attached hydrogens (tertiary/aromatic N) is 1. The van der Waals surface area contributed by atoms with Gasteiger partial charge in [0.1, 0.15) is 0 Å². The SMILES string of the molecule is O=C(O)CC(NS(=O)(=O)c1ccc(-c2cccc(NC(=O)NCc3ccccn3)c2)cc1)c1ccccc1. The van der Waals surface area contributed by atoms with Crippen molar-refractivity contribution in [2.75, 3.05) is 5.32 Å². The summed E-state index contributed by atoms with van der Waals surface area (Å²) in [6.07, 6.45) is 1.26. The van der Waals surface area contributed by atoms with Crippen LogP contribution in [0, 0.1) is 0 Å². The van der Waals surface area contributed by atoms with Crippen LogP contribution in [0.4, 0.5) is 10.5 Å². The van der Waals surface area contributed by atoms with Gasteiger partial charge in [0.25, 0.3) is 0 Å². The second-order valence-corrected chi connectivity index (χ2v) is 10.1. The molecule has 3 aromatic carbocycles. The molecule has 9 nitrogen and oxygen atoms in total. The van der Waals surface area contributed by atoms with E-state index in [2.05, 4.69) is 20.3 Å². The molecule has 0 saturated heterocycles. The molecule has 0 bridgehead atoms. The van der Waals surface area contributed by atoms with Crippen molar-refractivity contribution < 1.29 is 23.1 Å². The highest BCUT2D eigenvalue weighted by molar-refractivity contribution is 7.89. The summed E-state index contributed by atoms with van der Waals surface area (Å²) in [5, 5.41) is 14.8. The first-order valence-corrected chi connectivity index (χ1v) is 13.2. The number of carbonyl (C=O) groups excluding carboxylic acids is 1. The van der Waals surface area contributed by atoms with Gasteiger partial charge in [-0.2, -0.15) is 0 Å². The maximum atomic E-state index is 13.0. The van der Waals surface area contributed by atoms with E-state index in [4.69, 9.17) is 0 Å². The van der Waals surface area contributed by atoms with E-state index in [1.54, 1.807) is 72.9 Å². The number of rotatable bonds is 10. The number of carbonyl (C=O) groups is 2. The monoisotopic (exact) mass is 530 g/mol. The van der Waals surface area contributed by atoms with E-state index in [0.29, 0.717) is 11.3 Å². The van der Waals surface area contributed by atoms with Crippen molar-refractivity contribution >= 4 is 27.7 Å². The van der Waals surface area contributed by atoms with Crippen molar-refractivity contribution in [3.05, 3.63) is 115 Å². The van der Waals surface area contributed by atoms with Gasteiger partial charge < -0.3 is 15.7 Å². The number of amides is 2. The van der Waals surface area contributed by atoms with Crippen LogP contribution < -0.4 is 15.4 Å². The van der Waals surface area contributed by atoms with Crippen LogP contribution in [0.1, 0.15) is 23.7 Å². The lowest BCUT2D eigenvalue weighted by Crippen LogP contribution is -2.30. The number of hydrogen-bond donors (Lipinski definition) is 4. The predicted molar refractivity (Wildman–Crippen MR) is 144 cm³/mol. The molecule has 4 aromatic rings. The minimum Gasteiger partial charge on any atom is -0.481 e. The zero-order chi connectivity index (χ0) is 27.0.